The van der Waals surface area contributed by atoms with Crippen LogP contribution in [0.1, 0.15) is 17.3 Å². The van der Waals surface area contributed by atoms with Crippen LogP contribution in [-0.4, -0.2) is 23.2 Å². The van der Waals surface area contributed by atoms with Gasteiger partial charge in [-0.25, -0.2) is 4.39 Å². The lowest BCUT2D eigenvalue weighted by Crippen LogP contribution is -2.28. The van der Waals surface area contributed by atoms with Crippen LogP contribution in [0, 0.1) is 5.82 Å². The first-order valence-electron chi connectivity index (χ1n) is 3.98. The number of aromatic nitrogens is 1. The maximum atomic E-state index is 12.6. The number of carbonyl (C=O) groups excluding carboxylic acids is 2. The van der Waals surface area contributed by atoms with Crippen molar-refractivity contribution >= 4 is 11.7 Å². The zero-order valence-corrected chi connectivity index (χ0v) is 7.58. The van der Waals surface area contributed by atoms with Gasteiger partial charge in [0.1, 0.15) is 11.6 Å². The molecule has 0 aliphatic carbocycles. The Bertz CT molecular complexity index is 366. The van der Waals surface area contributed by atoms with Gasteiger partial charge in [0.05, 0.1) is 18.3 Å². The van der Waals surface area contributed by atoms with Crippen molar-refractivity contribution in [2.24, 2.45) is 0 Å². The number of amides is 1. The smallest absolute Gasteiger partial charge is 0.253 e. The van der Waals surface area contributed by atoms with E-state index in [1.54, 1.807) is 0 Å². The fourth-order valence-corrected chi connectivity index (χ4v) is 0.843. The Balaban J connectivity index is 2.65. The van der Waals surface area contributed by atoms with Crippen LogP contribution in [0.15, 0.2) is 18.5 Å². The molecule has 0 saturated heterocycles. The van der Waals surface area contributed by atoms with Gasteiger partial charge in [0.2, 0.25) is 0 Å². The molecule has 0 saturated carbocycles. The van der Waals surface area contributed by atoms with E-state index in [4.69, 9.17) is 0 Å². The van der Waals surface area contributed by atoms with E-state index >= 15 is 0 Å². The summed E-state index contributed by atoms with van der Waals surface area (Å²) in [6, 6.07) is 1.06. The van der Waals surface area contributed by atoms with Crippen molar-refractivity contribution in [2.45, 2.75) is 6.92 Å². The van der Waals surface area contributed by atoms with Gasteiger partial charge in [-0.1, -0.05) is 0 Å². The number of carbonyl (C=O) groups is 2. The van der Waals surface area contributed by atoms with Gasteiger partial charge >= 0.3 is 0 Å². The summed E-state index contributed by atoms with van der Waals surface area (Å²) in [5, 5.41) is 2.33. The SMILES string of the molecule is CC(=O)CNC(=O)c1cncc(F)c1. The fourth-order valence-electron chi connectivity index (χ4n) is 0.843. The number of hydrogen-bond donors (Lipinski definition) is 1. The molecule has 1 heterocycles. The van der Waals surface area contributed by atoms with E-state index in [1.165, 1.54) is 13.1 Å². The zero-order valence-electron chi connectivity index (χ0n) is 7.58. The van der Waals surface area contributed by atoms with Crippen LogP contribution in [0.2, 0.25) is 0 Å². The van der Waals surface area contributed by atoms with Crippen molar-refractivity contribution in [1.82, 2.24) is 10.3 Å². The molecule has 1 N–H and O–H groups in total. The van der Waals surface area contributed by atoms with Gasteiger partial charge in [-0.3, -0.25) is 14.6 Å². The Hall–Kier alpha value is -1.78. The highest BCUT2D eigenvalue weighted by Crippen LogP contribution is 1.99. The second-order valence-corrected chi connectivity index (χ2v) is 2.78. The maximum Gasteiger partial charge on any atom is 0.253 e. The van der Waals surface area contributed by atoms with Crippen molar-refractivity contribution in [1.29, 1.82) is 0 Å². The summed E-state index contributed by atoms with van der Waals surface area (Å²) in [5.41, 5.74) is 0.103. The molecular weight excluding hydrogens is 187 g/mol. The molecule has 0 aliphatic rings. The minimum atomic E-state index is -0.583. The van der Waals surface area contributed by atoms with E-state index in [2.05, 4.69) is 10.3 Å². The van der Waals surface area contributed by atoms with Crippen LogP contribution in [-0.2, 0) is 4.79 Å². The number of pyridine rings is 1. The van der Waals surface area contributed by atoms with Crippen LogP contribution < -0.4 is 5.32 Å². The molecule has 74 valence electrons. The van der Waals surface area contributed by atoms with E-state index in [9.17, 15) is 14.0 Å². The Labute approximate surface area is 80.1 Å². The molecular formula is C9H9FN2O2. The molecule has 0 radical (unpaired) electrons. The number of nitrogens with one attached hydrogen (secondary N) is 1. The summed E-state index contributed by atoms with van der Waals surface area (Å²) in [5.74, 6) is -1.25. The second kappa shape index (κ2) is 4.45. The number of halogens is 1. The minimum absolute atomic E-state index is 0.0602. The third-order valence-electron chi connectivity index (χ3n) is 1.46. The molecule has 1 amide bonds. The minimum Gasteiger partial charge on any atom is -0.345 e. The number of hydrogen-bond acceptors (Lipinski definition) is 3. The molecule has 1 aromatic heterocycles. The Morgan fingerprint density at radius 1 is 1.50 bits per heavy atom. The molecule has 0 fully saturated rings. The number of rotatable bonds is 3. The molecule has 0 aromatic carbocycles. The van der Waals surface area contributed by atoms with Crippen molar-refractivity contribution in [3.63, 3.8) is 0 Å². The lowest BCUT2D eigenvalue weighted by atomic mass is 10.2. The fraction of sp³-hybridized carbons (Fsp3) is 0.222. The molecule has 0 atom stereocenters. The first-order chi connectivity index (χ1) is 6.59. The highest BCUT2D eigenvalue weighted by atomic mass is 19.1. The zero-order chi connectivity index (χ0) is 10.6. The van der Waals surface area contributed by atoms with E-state index in [0.717, 1.165) is 12.3 Å². The van der Waals surface area contributed by atoms with Crippen LogP contribution >= 0.6 is 0 Å². The monoisotopic (exact) mass is 196 g/mol. The topological polar surface area (TPSA) is 59.1 Å². The number of ketones is 1. The summed E-state index contributed by atoms with van der Waals surface area (Å²) >= 11 is 0. The normalized spacial score (nSPS) is 9.57. The molecule has 1 aromatic rings. The first kappa shape index (κ1) is 10.3. The van der Waals surface area contributed by atoms with E-state index < -0.39 is 11.7 Å². The Kier molecular flexibility index (Phi) is 3.28. The van der Waals surface area contributed by atoms with Crippen molar-refractivity contribution in [2.75, 3.05) is 6.54 Å². The molecule has 4 nitrogen and oxygen atoms in total. The standard InChI is InChI=1S/C9H9FN2O2/c1-6(13)3-12-9(14)7-2-8(10)5-11-4-7/h2,4-5H,3H2,1H3,(H,12,14). The van der Waals surface area contributed by atoms with Gasteiger partial charge < -0.3 is 5.32 Å². The quantitative estimate of drug-likeness (QED) is 0.767. The third kappa shape index (κ3) is 2.93. The summed E-state index contributed by atoms with van der Waals surface area (Å²) < 4.78 is 12.6. The highest BCUT2D eigenvalue weighted by Gasteiger charge is 2.06. The highest BCUT2D eigenvalue weighted by molar-refractivity contribution is 5.96. The molecule has 0 spiro atoms. The average molecular weight is 196 g/mol. The summed E-state index contributed by atoms with van der Waals surface area (Å²) in [6.07, 6.45) is 2.24. The van der Waals surface area contributed by atoms with Gasteiger partial charge in [-0.05, 0) is 13.0 Å². The van der Waals surface area contributed by atoms with Crippen LogP contribution in [0.3, 0.4) is 0 Å². The van der Waals surface area contributed by atoms with Crippen LogP contribution in [0.4, 0.5) is 4.39 Å². The predicted octanol–water partition coefficient (Wildman–Crippen LogP) is 0.539. The molecule has 0 aliphatic heterocycles. The molecule has 5 heteroatoms. The van der Waals surface area contributed by atoms with Crippen molar-refractivity contribution in [3.8, 4) is 0 Å². The number of nitrogens with zero attached hydrogens (tertiary/aromatic N) is 1. The van der Waals surface area contributed by atoms with Gasteiger partial charge in [-0.2, -0.15) is 0 Å². The van der Waals surface area contributed by atoms with E-state index in [0.29, 0.717) is 0 Å². The Morgan fingerprint density at radius 3 is 2.79 bits per heavy atom. The van der Waals surface area contributed by atoms with Crippen molar-refractivity contribution < 1.29 is 14.0 Å². The van der Waals surface area contributed by atoms with Crippen molar-refractivity contribution in [3.05, 3.63) is 29.8 Å². The molecule has 14 heavy (non-hydrogen) atoms. The second-order valence-electron chi connectivity index (χ2n) is 2.78. The number of Topliss-reactive ketones (excluding diaryl/α,β-unsaturated/α-hetero) is 1. The van der Waals surface area contributed by atoms with Crippen LogP contribution in [0.5, 0.6) is 0 Å². The molecule has 0 unspecified atom stereocenters. The predicted molar refractivity (Wildman–Crippen MR) is 47.2 cm³/mol. The van der Waals surface area contributed by atoms with E-state index in [1.807, 2.05) is 0 Å². The van der Waals surface area contributed by atoms with Crippen LogP contribution in [0.25, 0.3) is 0 Å². The lowest BCUT2D eigenvalue weighted by molar-refractivity contribution is -0.116. The van der Waals surface area contributed by atoms with Gasteiger partial charge in [-0.15, -0.1) is 0 Å². The Morgan fingerprint density at radius 2 is 2.21 bits per heavy atom. The van der Waals surface area contributed by atoms with Gasteiger partial charge in [0.15, 0.2) is 0 Å². The summed E-state index contributed by atoms with van der Waals surface area (Å²) in [7, 11) is 0. The summed E-state index contributed by atoms with van der Waals surface area (Å²) in [4.78, 5) is 25.3. The molecule has 1 rings (SSSR count). The summed E-state index contributed by atoms with van der Waals surface area (Å²) in [6.45, 7) is 1.29. The maximum absolute atomic E-state index is 12.6. The average Bonchev–Trinajstić information content (AvgIpc) is 2.14. The molecule has 0 bridgehead atoms. The largest absolute Gasteiger partial charge is 0.345 e. The third-order valence-corrected chi connectivity index (χ3v) is 1.46. The lowest BCUT2D eigenvalue weighted by Gasteiger charge is -2.01. The van der Waals surface area contributed by atoms with Gasteiger partial charge in [0, 0.05) is 6.20 Å². The van der Waals surface area contributed by atoms with E-state index in [-0.39, 0.29) is 17.9 Å². The first-order valence-corrected chi connectivity index (χ1v) is 3.98. The van der Waals surface area contributed by atoms with Gasteiger partial charge in [0.25, 0.3) is 5.91 Å².